The van der Waals surface area contributed by atoms with Gasteiger partial charge in [0.25, 0.3) is 0 Å². The van der Waals surface area contributed by atoms with E-state index in [0.29, 0.717) is 0 Å². The van der Waals surface area contributed by atoms with Crippen LogP contribution >= 0.6 is 0 Å². The lowest BCUT2D eigenvalue weighted by Crippen LogP contribution is -2.16. The Morgan fingerprint density at radius 1 is 1.50 bits per heavy atom. The van der Waals surface area contributed by atoms with E-state index in [9.17, 15) is 9.59 Å². The van der Waals surface area contributed by atoms with Crippen LogP contribution in [0.4, 0.5) is 0 Å². The highest BCUT2D eigenvalue weighted by Crippen LogP contribution is 2.08. The molecule has 1 atom stereocenters. The van der Waals surface area contributed by atoms with E-state index in [4.69, 9.17) is 4.74 Å². The van der Waals surface area contributed by atoms with Crippen LogP contribution in [-0.4, -0.2) is 24.7 Å². The van der Waals surface area contributed by atoms with Gasteiger partial charge in [-0.2, -0.15) is 4.99 Å². The van der Waals surface area contributed by atoms with Gasteiger partial charge in [-0.05, 0) is 6.42 Å². The minimum absolute atomic E-state index is 0.131. The van der Waals surface area contributed by atoms with Gasteiger partial charge in [0.1, 0.15) is 6.61 Å². The molecular formula is C12H19NO3. The van der Waals surface area contributed by atoms with Crippen LogP contribution in [0.15, 0.2) is 17.6 Å². The summed E-state index contributed by atoms with van der Waals surface area (Å²) in [5, 5.41) is 0. The average molecular weight is 225 g/mol. The Hall–Kier alpha value is -1.41. The molecular weight excluding hydrogens is 206 g/mol. The maximum absolute atomic E-state index is 10.8. The summed E-state index contributed by atoms with van der Waals surface area (Å²) in [7, 11) is 0. The van der Waals surface area contributed by atoms with Crippen molar-refractivity contribution in [1.29, 1.82) is 0 Å². The van der Waals surface area contributed by atoms with Crippen molar-refractivity contribution in [2.45, 2.75) is 45.1 Å². The Morgan fingerprint density at radius 3 is 2.81 bits per heavy atom. The molecule has 0 saturated heterocycles. The van der Waals surface area contributed by atoms with Crippen molar-refractivity contribution in [1.82, 2.24) is 0 Å². The predicted molar refractivity (Wildman–Crippen MR) is 61.8 cm³/mol. The lowest BCUT2D eigenvalue weighted by atomic mass is 10.1. The Morgan fingerprint density at radius 2 is 2.25 bits per heavy atom. The van der Waals surface area contributed by atoms with E-state index >= 15 is 0 Å². The second-order valence-corrected chi connectivity index (χ2v) is 3.56. The Bertz CT molecular complexity index is 257. The van der Waals surface area contributed by atoms with Crippen LogP contribution in [0.2, 0.25) is 0 Å². The lowest BCUT2D eigenvalue weighted by molar-refractivity contribution is -0.138. The van der Waals surface area contributed by atoms with Gasteiger partial charge in [0, 0.05) is 6.08 Å². The first-order valence-electron chi connectivity index (χ1n) is 5.60. The zero-order chi connectivity index (χ0) is 12.2. The number of ether oxygens (including phenoxy) is 1. The minimum atomic E-state index is -0.486. The van der Waals surface area contributed by atoms with Crippen LogP contribution in [0, 0.1) is 0 Å². The van der Waals surface area contributed by atoms with Crippen LogP contribution in [0.25, 0.3) is 0 Å². The van der Waals surface area contributed by atoms with Gasteiger partial charge in [0.2, 0.25) is 6.08 Å². The molecule has 0 amide bonds. The molecule has 0 radical (unpaired) electrons. The average Bonchev–Trinajstić information content (AvgIpc) is 2.30. The molecule has 16 heavy (non-hydrogen) atoms. The minimum Gasteiger partial charge on any atom is -0.460 e. The maximum atomic E-state index is 10.8. The smallest absolute Gasteiger partial charge is 0.330 e. The number of hydrogen-bond donors (Lipinski definition) is 0. The molecule has 4 heteroatoms. The molecule has 1 unspecified atom stereocenters. The van der Waals surface area contributed by atoms with Gasteiger partial charge in [-0.15, -0.1) is 0 Å². The van der Waals surface area contributed by atoms with Crippen LogP contribution in [0.1, 0.15) is 39.0 Å². The molecule has 0 fully saturated rings. The topological polar surface area (TPSA) is 55.7 Å². The quantitative estimate of drug-likeness (QED) is 0.199. The van der Waals surface area contributed by atoms with E-state index in [-0.39, 0.29) is 12.6 Å². The summed E-state index contributed by atoms with van der Waals surface area (Å²) in [4.78, 5) is 24.6. The van der Waals surface area contributed by atoms with E-state index in [1.807, 2.05) is 0 Å². The highest BCUT2D eigenvalue weighted by molar-refractivity contribution is 5.81. The second-order valence-electron chi connectivity index (χ2n) is 3.56. The molecule has 0 bridgehead atoms. The predicted octanol–water partition coefficient (Wildman–Crippen LogP) is 2.39. The summed E-state index contributed by atoms with van der Waals surface area (Å²) < 4.78 is 4.83. The van der Waals surface area contributed by atoms with Gasteiger partial charge in [-0.25, -0.2) is 9.59 Å². The van der Waals surface area contributed by atoms with Crippen LogP contribution < -0.4 is 0 Å². The maximum Gasteiger partial charge on any atom is 0.330 e. The van der Waals surface area contributed by atoms with Crippen LogP contribution in [-0.2, 0) is 14.3 Å². The monoisotopic (exact) mass is 225 g/mol. The molecule has 0 saturated carbocycles. The number of hydrogen-bond acceptors (Lipinski definition) is 4. The van der Waals surface area contributed by atoms with Crippen molar-refractivity contribution < 1.29 is 14.3 Å². The summed E-state index contributed by atoms with van der Waals surface area (Å²) in [6.45, 7) is 5.55. The number of nitrogens with zero attached hydrogens (tertiary/aromatic N) is 1. The van der Waals surface area contributed by atoms with Crippen molar-refractivity contribution >= 4 is 12.0 Å². The SMILES string of the molecule is C=CC(=O)OCC(CCCCCC)N=C=O. The second kappa shape index (κ2) is 10.1. The van der Waals surface area contributed by atoms with Gasteiger partial charge >= 0.3 is 5.97 Å². The molecule has 0 aromatic heterocycles. The first kappa shape index (κ1) is 14.6. The number of carbonyl (C=O) groups is 1. The Balaban J connectivity index is 3.83. The normalized spacial score (nSPS) is 11.3. The molecule has 0 N–H and O–H groups in total. The number of carbonyl (C=O) groups excluding carboxylic acids is 2. The lowest BCUT2D eigenvalue weighted by Gasteiger charge is -2.09. The molecule has 90 valence electrons. The van der Waals surface area contributed by atoms with E-state index in [0.717, 1.165) is 31.8 Å². The van der Waals surface area contributed by atoms with E-state index in [1.165, 1.54) is 12.5 Å². The Labute approximate surface area is 96.4 Å². The third-order valence-electron chi connectivity index (χ3n) is 2.21. The van der Waals surface area contributed by atoms with Crippen LogP contribution in [0.5, 0.6) is 0 Å². The molecule has 0 rings (SSSR count). The molecule has 0 aliphatic heterocycles. The highest BCUT2D eigenvalue weighted by Gasteiger charge is 2.08. The van der Waals surface area contributed by atoms with Crippen molar-refractivity contribution in [3.63, 3.8) is 0 Å². The largest absolute Gasteiger partial charge is 0.460 e. The van der Waals surface area contributed by atoms with Gasteiger partial charge in [0.05, 0.1) is 6.04 Å². The highest BCUT2D eigenvalue weighted by atomic mass is 16.5. The zero-order valence-corrected chi connectivity index (χ0v) is 9.78. The number of isocyanates is 1. The fraction of sp³-hybridized carbons (Fsp3) is 0.667. The van der Waals surface area contributed by atoms with Crippen molar-refractivity contribution in [3.8, 4) is 0 Å². The fourth-order valence-corrected chi connectivity index (χ4v) is 1.30. The molecule has 0 aromatic carbocycles. The number of aliphatic imine (C=N–C) groups is 1. The molecule has 0 heterocycles. The Kier molecular flexibility index (Phi) is 9.23. The zero-order valence-electron chi connectivity index (χ0n) is 9.78. The molecule has 0 aromatic rings. The number of unbranched alkanes of at least 4 members (excludes halogenated alkanes) is 3. The molecule has 0 spiro atoms. The summed E-state index contributed by atoms with van der Waals surface area (Å²) >= 11 is 0. The summed E-state index contributed by atoms with van der Waals surface area (Å²) in [5.74, 6) is -0.486. The van der Waals surface area contributed by atoms with Crippen LogP contribution in [0.3, 0.4) is 0 Å². The number of esters is 1. The summed E-state index contributed by atoms with van der Waals surface area (Å²) in [5.41, 5.74) is 0. The van der Waals surface area contributed by atoms with E-state index in [2.05, 4.69) is 18.5 Å². The standard InChI is InChI=1S/C12H19NO3/c1-3-5-6-7-8-11(13-10-14)9-16-12(15)4-2/h4,11H,2-3,5-9H2,1H3. The van der Waals surface area contributed by atoms with Gasteiger partial charge in [-0.3, -0.25) is 0 Å². The molecule has 0 aliphatic carbocycles. The van der Waals surface area contributed by atoms with E-state index < -0.39 is 5.97 Å². The molecule has 0 aliphatic rings. The summed E-state index contributed by atoms with van der Waals surface area (Å²) in [6, 6.07) is -0.266. The van der Waals surface area contributed by atoms with Crippen molar-refractivity contribution in [3.05, 3.63) is 12.7 Å². The first-order valence-corrected chi connectivity index (χ1v) is 5.60. The molecule has 4 nitrogen and oxygen atoms in total. The van der Waals surface area contributed by atoms with Gasteiger partial charge in [-0.1, -0.05) is 39.2 Å². The fourth-order valence-electron chi connectivity index (χ4n) is 1.30. The van der Waals surface area contributed by atoms with Gasteiger partial charge < -0.3 is 4.74 Å². The summed E-state index contributed by atoms with van der Waals surface area (Å²) in [6.07, 6.45) is 7.77. The van der Waals surface area contributed by atoms with E-state index in [1.54, 1.807) is 0 Å². The van der Waals surface area contributed by atoms with Gasteiger partial charge in [0.15, 0.2) is 0 Å². The third kappa shape index (κ3) is 7.94. The first-order chi connectivity index (χ1) is 7.74. The third-order valence-corrected chi connectivity index (χ3v) is 2.21. The van der Waals surface area contributed by atoms with Crippen molar-refractivity contribution in [2.75, 3.05) is 6.61 Å². The van der Waals surface area contributed by atoms with Crippen molar-refractivity contribution in [2.24, 2.45) is 4.99 Å². The number of rotatable bonds is 9.